The highest BCUT2D eigenvalue weighted by molar-refractivity contribution is 5.13. The van der Waals surface area contributed by atoms with Gasteiger partial charge in [-0.3, -0.25) is 4.48 Å². The molecule has 0 saturated heterocycles. The van der Waals surface area contributed by atoms with Crippen molar-refractivity contribution in [3.05, 3.63) is 24.0 Å². The Morgan fingerprint density at radius 2 is 1.80 bits per heavy atom. The summed E-state index contributed by atoms with van der Waals surface area (Å²) in [4.78, 5) is 0. The molecule has 0 aromatic rings. The summed E-state index contributed by atoms with van der Waals surface area (Å²) < 4.78 is 1.06. The SMILES string of the molecule is CCCCC1=CC=C[N+]1(C)CCCC.[Cl-]. The van der Waals surface area contributed by atoms with E-state index in [9.17, 15) is 0 Å². The molecule has 0 aromatic carbocycles. The van der Waals surface area contributed by atoms with E-state index in [0.29, 0.717) is 0 Å². The Morgan fingerprint density at radius 3 is 2.40 bits per heavy atom. The number of quaternary nitrogens is 1. The van der Waals surface area contributed by atoms with E-state index in [2.05, 4.69) is 39.2 Å². The van der Waals surface area contributed by atoms with E-state index >= 15 is 0 Å². The van der Waals surface area contributed by atoms with Crippen LogP contribution in [0.5, 0.6) is 0 Å². The lowest BCUT2D eigenvalue weighted by molar-refractivity contribution is -0.819. The zero-order valence-corrected chi connectivity index (χ0v) is 11.1. The second-order valence-corrected chi connectivity index (χ2v) is 4.45. The van der Waals surface area contributed by atoms with Crippen LogP contribution in [-0.2, 0) is 0 Å². The first-order valence-corrected chi connectivity index (χ1v) is 5.97. The van der Waals surface area contributed by atoms with Crippen molar-refractivity contribution in [2.24, 2.45) is 0 Å². The van der Waals surface area contributed by atoms with Crippen LogP contribution in [0.2, 0.25) is 0 Å². The first-order chi connectivity index (χ1) is 6.73. The highest BCUT2D eigenvalue weighted by Crippen LogP contribution is 2.26. The minimum Gasteiger partial charge on any atom is -1.00 e. The minimum atomic E-state index is 0. The molecule has 15 heavy (non-hydrogen) atoms. The van der Waals surface area contributed by atoms with Crippen LogP contribution in [0.25, 0.3) is 0 Å². The van der Waals surface area contributed by atoms with E-state index in [4.69, 9.17) is 0 Å². The number of rotatable bonds is 6. The number of nitrogens with zero attached hydrogens (tertiary/aromatic N) is 1. The Hall–Kier alpha value is -0.270. The lowest BCUT2D eigenvalue weighted by Crippen LogP contribution is -3.00. The van der Waals surface area contributed by atoms with Crippen LogP contribution in [0.4, 0.5) is 0 Å². The molecule has 0 bridgehead atoms. The average Bonchev–Trinajstić information content (AvgIpc) is 2.54. The van der Waals surface area contributed by atoms with Crippen LogP contribution in [-0.4, -0.2) is 18.1 Å². The number of halogens is 1. The van der Waals surface area contributed by atoms with Crippen LogP contribution >= 0.6 is 0 Å². The summed E-state index contributed by atoms with van der Waals surface area (Å²) in [6.45, 7) is 5.79. The third-order valence-corrected chi connectivity index (χ3v) is 3.12. The Balaban J connectivity index is 0.00000196. The monoisotopic (exact) mass is 229 g/mol. The third-order valence-electron chi connectivity index (χ3n) is 3.12. The number of hydrogen-bond donors (Lipinski definition) is 0. The molecular formula is C13H24ClN. The van der Waals surface area contributed by atoms with Gasteiger partial charge in [0.1, 0.15) is 11.9 Å². The maximum absolute atomic E-state index is 2.33. The molecule has 0 fully saturated rings. The summed E-state index contributed by atoms with van der Waals surface area (Å²) in [6.07, 6.45) is 13.4. The first-order valence-electron chi connectivity index (χ1n) is 5.97. The molecule has 0 amide bonds. The molecule has 1 aliphatic heterocycles. The topological polar surface area (TPSA) is 0 Å². The van der Waals surface area contributed by atoms with Gasteiger partial charge in [-0.05, 0) is 18.9 Å². The van der Waals surface area contributed by atoms with E-state index in [-0.39, 0.29) is 12.4 Å². The molecular weight excluding hydrogens is 206 g/mol. The van der Waals surface area contributed by atoms with E-state index in [1.165, 1.54) is 38.6 Å². The molecule has 2 heteroatoms. The maximum Gasteiger partial charge on any atom is 0.113 e. The van der Waals surface area contributed by atoms with Crippen molar-refractivity contribution in [3.63, 3.8) is 0 Å². The fourth-order valence-electron chi connectivity index (χ4n) is 2.01. The molecule has 0 aromatic heterocycles. The van der Waals surface area contributed by atoms with E-state index in [0.717, 1.165) is 4.48 Å². The van der Waals surface area contributed by atoms with Crippen molar-refractivity contribution in [3.8, 4) is 0 Å². The highest BCUT2D eigenvalue weighted by Gasteiger charge is 2.26. The third kappa shape index (κ3) is 4.00. The van der Waals surface area contributed by atoms with Crippen LogP contribution in [0, 0.1) is 0 Å². The van der Waals surface area contributed by atoms with Gasteiger partial charge in [-0.2, -0.15) is 0 Å². The molecule has 0 N–H and O–H groups in total. The van der Waals surface area contributed by atoms with Crippen molar-refractivity contribution in [2.75, 3.05) is 13.6 Å². The summed E-state index contributed by atoms with van der Waals surface area (Å²) in [5.41, 5.74) is 1.60. The highest BCUT2D eigenvalue weighted by atomic mass is 35.5. The van der Waals surface area contributed by atoms with Gasteiger partial charge in [-0.15, -0.1) is 0 Å². The van der Waals surface area contributed by atoms with Crippen LogP contribution in [0.3, 0.4) is 0 Å². The Labute approximate surface area is 101 Å². The molecule has 0 saturated carbocycles. The van der Waals surface area contributed by atoms with Gasteiger partial charge in [0, 0.05) is 12.5 Å². The summed E-state index contributed by atoms with van der Waals surface area (Å²) in [5, 5.41) is 0. The lowest BCUT2D eigenvalue weighted by atomic mass is 10.1. The number of unbranched alkanes of at least 4 members (excludes halogenated alkanes) is 2. The molecule has 0 aliphatic carbocycles. The molecule has 1 nitrogen and oxygen atoms in total. The molecule has 0 spiro atoms. The average molecular weight is 230 g/mol. The number of hydrogen-bond acceptors (Lipinski definition) is 0. The molecule has 1 aliphatic rings. The second-order valence-electron chi connectivity index (χ2n) is 4.45. The predicted octanol–water partition coefficient (Wildman–Crippen LogP) is 0.838. The van der Waals surface area contributed by atoms with Crippen molar-refractivity contribution in [1.29, 1.82) is 0 Å². The van der Waals surface area contributed by atoms with Crippen molar-refractivity contribution in [2.45, 2.75) is 46.0 Å². The van der Waals surface area contributed by atoms with Crippen LogP contribution in [0.1, 0.15) is 46.0 Å². The first kappa shape index (κ1) is 14.7. The maximum atomic E-state index is 2.33. The van der Waals surface area contributed by atoms with E-state index in [1.54, 1.807) is 5.70 Å². The Kier molecular flexibility index (Phi) is 6.95. The van der Waals surface area contributed by atoms with Gasteiger partial charge in [0.2, 0.25) is 0 Å². The predicted molar refractivity (Wildman–Crippen MR) is 62.7 cm³/mol. The van der Waals surface area contributed by atoms with Gasteiger partial charge in [0.05, 0.1) is 13.6 Å². The lowest BCUT2D eigenvalue weighted by Gasteiger charge is -2.29. The standard InChI is InChI=1S/C13H24N.ClH/c1-4-6-9-13-10-8-12-14(13,3)11-7-5-2;/h8,10,12H,4-7,9,11H2,1-3H3;1H/q+1;/p-1. The largest absolute Gasteiger partial charge is 1.00 e. The molecule has 1 atom stereocenters. The second kappa shape index (κ2) is 7.08. The van der Waals surface area contributed by atoms with Crippen LogP contribution in [0.15, 0.2) is 24.0 Å². The molecule has 0 radical (unpaired) electrons. The minimum absolute atomic E-state index is 0. The van der Waals surface area contributed by atoms with Gasteiger partial charge in [0.25, 0.3) is 0 Å². The van der Waals surface area contributed by atoms with Crippen molar-refractivity contribution < 1.29 is 16.9 Å². The van der Waals surface area contributed by atoms with Gasteiger partial charge in [-0.1, -0.05) is 26.7 Å². The van der Waals surface area contributed by atoms with Gasteiger partial charge < -0.3 is 12.4 Å². The number of allylic oxidation sites excluding steroid dienone is 3. The molecule has 88 valence electrons. The van der Waals surface area contributed by atoms with Crippen molar-refractivity contribution >= 4 is 0 Å². The van der Waals surface area contributed by atoms with Gasteiger partial charge >= 0.3 is 0 Å². The van der Waals surface area contributed by atoms with Crippen molar-refractivity contribution in [1.82, 2.24) is 0 Å². The van der Waals surface area contributed by atoms with Crippen LogP contribution < -0.4 is 12.4 Å². The van der Waals surface area contributed by atoms with Gasteiger partial charge in [0.15, 0.2) is 0 Å². The van der Waals surface area contributed by atoms with Gasteiger partial charge in [-0.25, -0.2) is 0 Å². The molecule has 1 unspecified atom stereocenters. The summed E-state index contributed by atoms with van der Waals surface area (Å²) in [6, 6.07) is 0. The van der Waals surface area contributed by atoms with E-state index < -0.39 is 0 Å². The Morgan fingerprint density at radius 1 is 1.13 bits per heavy atom. The molecule has 1 heterocycles. The Bertz CT molecular complexity index is 233. The quantitative estimate of drug-likeness (QED) is 0.593. The van der Waals surface area contributed by atoms with E-state index in [1.807, 2.05) is 0 Å². The summed E-state index contributed by atoms with van der Waals surface area (Å²) in [7, 11) is 2.33. The molecule has 1 rings (SSSR count). The summed E-state index contributed by atoms with van der Waals surface area (Å²) >= 11 is 0. The fraction of sp³-hybridized carbons (Fsp3) is 0.692. The fourth-order valence-corrected chi connectivity index (χ4v) is 2.01. The zero-order valence-electron chi connectivity index (χ0n) is 10.3. The summed E-state index contributed by atoms with van der Waals surface area (Å²) in [5.74, 6) is 0. The smallest absolute Gasteiger partial charge is 0.113 e. The normalized spacial score (nSPS) is 23.8. The zero-order chi connectivity index (χ0) is 10.4.